The summed E-state index contributed by atoms with van der Waals surface area (Å²) in [5.74, 6) is 0. The Labute approximate surface area is 93.3 Å². The molecule has 86 valence electrons. The molecule has 0 aliphatic heterocycles. The first kappa shape index (κ1) is 12.5. The van der Waals surface area contributed by atoms with E-state index in [0.29, 0.717) is 0 Å². The highest BCUT2D eigenvalue weighted by Gasteiger charge is 2.36. The van der Waals surface area contributed by atoms with Gasteiger partial charge in [0.15, 0.2) is 0 Å². The molecule has 0 radical (unpaired) electrons. The smallest absolute Gasteiger partial charge is 0.258 e. The number of alkyl halides is 3. The van der Waals surface area contributed by atoms with Gasteiger partial charge in [0.1, 0.15) is 0 Å². The molecule has 1 aromatic rings. The van der Waals surface area contributed by atoms with E-state index in [0.717, 1.165) is 18.2 Å². The molecule has 0 spiro atoms. The van der Waals surface area contributed by atoms with Gasteiger partial charge in [-0.25, -0.2) is 0 Å². The molecule has 7 heteroatoms. The summed E-state index contributed by atoms with van der Waals surface area (Å²) in [5, 5.41) is 10.5. The lowest BCUT2D eigenvalue weighted by atomic mass is 10.1. The van der Waals surface area contributed by atoms with Crippen molar-refractivity contribution >= 4 is 22.9 Å². The minimum Gasteiger partial charge on any atom is -0.258 e. The predicted molar refractivity (Wildman–Crippen MR) is 53.2 cm³/mol. The normalized spacial score (nSPS) is 11.2. The Morgan fingerprint density at radius 2 is 2.00 bits per heavy atom. The van der Waals surface area contributed by atoms with Gasteiger partial charge in [-0.1, -0.05) is 18.2 Å². The second-order valence-corrected chi connectivity index (χ2v) is 3.33. The monoisotopic (exact) mass is 251 g/mol. The first-order valence-electron chi connectivity index (χ1n) is 3.94. The van der Waals surface area contributed by atoms with Gasteiger partial charge in [0.2, 0.25) is 0 Å². The molecule has 0 saturated carbocycles. The van der Waals surface area contributed by atoms with E-state index in [1.165, 1.54) is 0 Å². The van der Waals surface area contributed by atoms with Crippen molar-refractivity contribution in [3.8, 4) is 0 Å². The Kier molecular flexibility index (Phi) is 3.23. The lowest BCUT2D eigenvalue weighted by Gasteiger charge is -2.10. The van der Waals surface area contributed by atoms with Crippen molar-refractivity contribution in [2.24, 2.45) is 0 Å². The number of nitro benzene ring substituents is 1. The zero-order valence-corrected chi connectivity index (χ0v) is 8.47. The lowest BCUT2D eigenvalue weighted by Crippen LogP contribution is -2.11. The molecule has 0 aromatic heterocycles. The number of nitrogens with zero attached hydrogens (tertiary/aromatic N) is 1. The Balaban J connectivity index is 3.36. The van der Waals surface area contributed by atoms with Gasteiger partial charge in [-0.05, 0) is 12.1 Å². The van der Waals surface area contributed by atoms with E-state index in [9.17, 15) is 23.3 Å². The van der Waals surface area contributed by atoms with Gasteiger partial charge in [0.05, 0.1) is 16.1 Å². The SMILES string of the molecule is C=C(c1cc(Cl)ccc1[N+](=O)[O-])C(F)(F)F. The number of hydrogen-bond acceptors (Lipinski definition) is 2. The molecule has 1 rings (SSSR count). The van der Waals surface area contributed by atoms with E-state index in [2.05, 4.69) is 6.58 Å². The van der Waals surface area contributed by atoms with Crippen LogP contribution in [0.5, 0.6) is 0 Å². The van der Waals surface area contributed by atoms with Crippen LogP contribution in [0, 0.1) is 10.1 Å². The van der Waals surface area contributed by atoms with Crippen molar-refractivity contribution < 1.29 is 18.1 Å². The second-order valence-electron chi connectivity index (χ2n) is 2.89. The van der Waals surface area contributed by atoms with Crippen LogP contribution in [0.4, 0.5) is 18.9 Å². The van der Waals surface area contributed by atoms with Crippen molar-refractivity contribution in [2.45, 2.75) is 6.18 Å². The highest BCUT2D eigenvalue weighted by atomic mass is 35.5. The van der Waals surface area contributed by atoms with Crippen LogP contribution in [0.3, 0.4) is 0 Å². The molecule has 0 amide bonds. The molecule has 0 atom stereocenters. The summed E-state index contributed by atoms with van der Waals surface area (Å²) in [4.78, 5) is 9.60. The maximum absolute atomic E-state index is 12.3. The zero-order chi connectivity index (χ0) is 12.5. The summed E-state index contributed by atoms with van der Waals surface area (Å²) >= 11 is 5.48. The first-order chi connectivity index (χ1) is 7.23. The van der Waals surface area contributed by atoms with Crippen molar-refractivity contribution in [3.05, 3.63) is 45.5 Å². The van der Waals surface area contributed by atoms with E-state index < -0.39 is 27.9 Å². The summed E-state index contributed by atoms with van der Waals surface area (Å²) in [6.07, 6.45) is -4.73. The molecular weight excluding hydrogens is 247 g/mol. The fraction of sp³-hybridized carbons (Fsp3) is 0.111. The van der Waals surface area contributed by atoms with Crippen LogP contribution in [0.1, 0.15) is 5.56 Å². The average molecular weight is 252 g/mol. The van der Waals surface area contributed by atoms with Crippen molar-refractivity contribution in [3.63, 3.8) is 0 Å². The molecule has 0 bridgehead atoms. The number of rotatable bonds is 2. The Morgan fingerprint density at radius 3 is 2.44 bits per heavy atom. The standard InChI is InChI=1S/C9H5ClF3NO2/c1-5(9(11,12)13)7-4-6(10)2-3-8(7)14(15)16/h2-4H,1H2. The van der Waals surface area contributed by atoms with E-state index in [1.807, 2.05) is 0 Å². The minimum absolute atomic E-state index is 0.0222. The topological polar surface area (TPSA) is 43.1 Å². The van der Waals surface area contributed by atoms with Crippen LogP contribution in [0.25, 0.3) is 5.57 Å². The van der Waals surface area contributed by atoms with Crippen LogP contribution in [0.2, 0.25) is 5.02 Å². The second kappa shape index (κ2) is 4.13. The largest absolute Gasteiger partial charge is 0.416 e. The van der Waals surface area contributed by atoms with Crippen LogP contribution >= 0.6 is 11.6 Å². The van der Waals surface area contributed by atoms with Crippen LogP contribution in [-0.4, -0.2) is 11.1 Å². The average Bonchev–Trinajstić information content (AvgIpc) is 2.14. The molecule has 0 aliphatic carbocycles. The number of nitro groups is 1. The van der Waals surface area contributed by atoms with E-state index in [-0.39, 0.29) is 5.02 Å². The van der Waals surface area contributed by atoms with Gasteiger partial charge in [0.25, 0.3) is 5.69 Å². The van der Waals surface area contributed by atoms with E-state index >= 15 is 0 Å². The fourth-order valence-corrected chi connectivity index (χ4v) is 1.23. The molecule has 0 fully saturated rings. The molecule has 0 aliphatic rings. The van der Waals surface area contributed by atoms with Crippen LogP contribution in [0.15, 0.2) is 24.8 Å². The quantitative estimate of drug-likeness (QED) is 0.592. The lowest BCUT2D eigenvalue weighted by molar-refractivity contribution is -0.385. The minimum atomic E-state index is -4.73. The Hall–Kier alpha value is -1.56. The molecule has 0 saturated heterocycles. The molecule has 16 heavy (non-hydrogen) atoms. The summed E-state index contributed by atoms with van der Waals surface area (Å²) in [7, 11) is 0. The molecule has 3 nitrogen and oxygen atoms in total. The predicted octanol–water partition coefficient (Wildman–Crippen LogP) is 3.82. The van der Waals surface area contributed by atoms with Gasteiger partial charge in [-0.15, -0.1) is 0 Å². The molecule has 0 unspecified atom stereocenters. The maximum Gasteiger partial charge on any atom is 0.416 e. The number of allylic oxidation sites excluding steroid dienone is 1. The number of benzene rings is 1. The third-order valence-electron chi connectivity index (χ3n) is 1.82. The number of halogens is 4. The van der Waals surface area contributed by atoms with Gasteiger partial charge in [-0.3, -0.25) is 10.1 Å². The van der Waals surface area contributed by atoms with Gasteiger partial charge in [-0.2, -0.15) is 13.2 Å². The van der Waals surface area contributed by atoms with Gasteiger partial charge >= 0.3 is 6.18 Å². The van der Waals surface area contributed by atoms with Crippen LogP contribution in [-0.2, 0) is 0 Å². The highest BCUT2D eigenvalue weighted by Crippen LogP contribution is 2.37. The summed E-state index contributed by atoms with van der Waals surface area (Å²) in [6.45, 7) is 2.79. The zero-order valence-electron chi connectivity index (χ0n) is 7.71. The summed E-state index contributed by atoms with van der Waals surface area (Å²) in [5.41, 5.74) is -2.58. The summed E-state index contributed by atoms with van der Waals surface area (Å²) in [6, 6.07) is 2.93. The Bertz CT molecular complexity index is 457. The third kappa shape index (κ3) is 2.52. The van der Waals surface area contributed by atoms with Crippen LogP contribution < -0.4 is 0 Å². The van der Waals surface area contributed by atoms with Crippen molar-refractivity contribution in [1.29, 1.82) is 0 Å². The maximum atomic E-state index is 12.3. The third-order valence-corrected chi connectivity index (χ3v) is 2.06. The van der Waals surface area contributed by atoms with Crippen molar-refractivity contribution in [1.82, 2.24) is 0 Å². The van der Waals surface area contributed by atoms with E-state index in [1.54, 1.807) is 0 Å². The molecule has 0 heterocycles. The number of hydrogen-bond donors (Lipinski definition) is 0. The molecular formula is C9H5ClF3NO2. The van der Waals surface area contributed by atoms with E-state index in [4.69, 9.17) is 11.6 Å². The fourth-order valence-electron chi connectivity index (χ4n) is 1.06. The first-order valence-corrected chi connectivity index (χ1v) is 4.31. The molecule has 0 N–H and O–H groups in total. The molecule has 1 aromatic carbocycles. The van der Waals surface area contributed by atoms with Crippen molar-refractivity contribution in [2.75, 3.05) is 0 Å². The Morgan fingerprint density at radius 1 is 1.44 bits per heavy atom. The van der Waals surface area contributed by atoms with Gasteiger partial charge in [0, 0.05) is 11.1 Å². The highest BCUT2D eigenvalue weighted by molar-refractivity contribution is 6.30. The van der Waals surface area contributed by atoms with Gasteiger partial charge < -0.3 is 0 Å². The summed E-state index contributed by atoms with van der Waals surface area (Å²) < 4.78 is 37.0.